The van der Waals surface area contributed by atoms with Crippen LogP contribution < -0.4 is 5.32 Å². The third-order valence-electron chi connectivity index (χ3n) is 3.89. The number of nitrogens with one attached hydrogen (secondary N) is 1. The number of pyridine rings is 1. The fourth-order valence-electron chi connectivity index (χ4n) is 2.59. The first-order valence-corrected chi connectivity index (χ1v) is 8.66. The molecule has 1 aromatic heterocycles. The normalized spacial score (nSPS) is 10.5. The van der Waals surface area contributed by atoms with Crippen LogP contribution in [0.5, 0.6) is 0 Å². The van der Waals surface area contributed by atoms with Gasteiger partial charge in [0, 0.05) is 28.0 Å². The summed E-state index contributed by atoms with van der Waals surface area (Å²) in [5.74, 6) is -0.167. The van der Waals surface area contributed by atoms with E-state index in [9.17, 15) is 4.79 Å². The molecular formula is C21H19ClN2O. The molecule has 0 aliphatic rings. The molecule has 0 saturated heterocycles. The van der Waals surface area contributed by atoms with Gasteiger partial charge in [-0.1, -0.05) is 49.2 Å². The minimum Gasteiger partial charge on any atom is -0.322 e. The van der Waals surface area contributed by atoms with Crippen molar-refractivity contribution in [3.05, 3.63) is 83.0 Å². The van der Waals surface area contributed by atoms with Crippen molar-refractivity contribution >= 4 is 23.2 Å². The molecule has 126 valence electrons. The number of hydrogen-bond acceptors (Lipinski definition) is 2. The molecular weight excluding hydrogens is 332 g/mol. The smallest absolute Gasteiger partial charge is 0.255 e. The van der Waals surface area contributed by atoms with Crippen molar-refractivity contribution in [1.82, 2.24) is 4.98 Å². The molecule has 1 heterocycles. The lowest BCUT2D eigenvalue weighted by atomic mass is 10.1. The van der Waals surface area contributed by atoms with Crippen LogP contribution in [0.25, 0.3) is 11.3 Å². The molecule has 0 atom stereocenters. The fourth-order valence-corrected chi connectivity index (χ4v) is 2.78. The van der Waals surface area contributed by atoms with E-state index in [1.165, 1.54) is 5.56 Å². The van der Waals surface area contributed by atoms with Gasteiger partial charge in [0.15, 0.2) is 0 Å². The van der Waals surface area contributed by atoms with Gasteiger partial charge in [-0.3, -0.25) is 9.78 Å². The Bertz CT molecular complexity index is 858. The molecule has 0 aliphatic heterocycles. The van der Waals surface area contributed by atoms with E-state index in [0.29, 0.717) is 16.3 Å². The molecule has 0 radical (unpaired) electrons. The Hall–Kier alpha value is -2.65. The van der Waals surface area contributed by atoms with Crippen LogP contribution in [0, 0.1) is 0 Å². The minimum atomic E-state index is -0.167. The Labute approximate surface area is 152 Å². The van der Waals surface area contributed by atoms with E-state index in [-0.39, 0.29) is 5.91 Å². The van der Waals surface area contributed by atoms with Gasteiger partial charge in [-0.15, -0.1) is 0 Å². The summed E-state index contributed by atoms with van der Waals surface area (Å²) in [6, 6.07) is 18.6. The van der Waals surface area contributed by atoms with Gasteiger partial charge in [0.1, 0.15) is 0 Å². The van der Waals surface area contributed by atoms with Crippen molar-refractivity contribution in [2.45, 2.75) is 19.8 Å². The molecule has 0 saturated carbocycles. The summed E-state index contributed by atoms with van der Waals surface area (Å²) >= 11 is 5.94. The van der Waals surface area contributed by atoms with E-state index >= 15 is 0 Å². The lowest BCUT2D eigenvalue weighted by molar-refractivity contribution is 0.102. The Morgan fingerprint density at radius 2 is 1.88 bits per heavy atom. The number of halogens is 1. The van der Waals surface area contributed by atoms with Crippen molar-refractivity contribution in [3.63, 3.8) is 0 Å². The van der Waals surface area contributed by atoms with Gasteiger partial charge >= 0.3 is 0 Å². The van der Waals surface area contributed by atoms with Crippen LogP contribution in [-0.2, 0) is 6.42 Å². The number of rotatable bonds is 5. The van der Waals surface area contributed by atoms with Gasteiger partial charge in [-0.25, -0.2) is 0 Å². The van der Waals surface area contributed by atoms with Crippen LogP contribution in [0.4, 0.5) is 5.69 Å². The van der Waals surface area contributed by atoms with E-state index in [2.05, 4.69) is 23.3 Å². The molecule has 3 nitrogen and oxygen atoms in total. The zero-order valence-corrected chi connectivity index (χ0v) is 14.8. The van der Waals surface area contributed by atoms with E-state index in [4.69, 9.17) is 11.6 Å². The number of benzene rings is 2. The first-order valence-electron chi connectivity index (χ1n) is 8.28. The second-order valence-electron chi connectivity index (χ2n) is 5.84. The summed E-state index contributed by atoms with van der Waals surface area (Å²) in [5.41, 5.74) is 4.40. The second kappa shape index (κ2) is 7.95. The van der Waals surface area contributed by atoms with E-state index in [0.717, 1.165) is 24.1 Å². The number of carbonyl (C=O) groups is 1. The van der Waals surface area contributed by atoms with Crippen LogP contribution in [0.1, 0.15) is 29.3 Å². The summed E-state index contributed by atoms with van der Waals surface area (Å²) in [6.45, 7) is 2.15. The standard InChI is InChI=1S/C21H19ClN2O/c1-2-4-15-7-12-20(23-14-15)16-8-10-17(11-9-16)21(25)24-19-6-3-5-18(22)13-19/h3,5-14H,2,4H2,1H3,(H,24,25). The highest BCUT2D eigenvalue weighted by atomic mass is 35.5. The molecule has 3 rings (SSSR count). The van der Waals surface area contributed by atoms with Gasteiger partial charge in [-0.05, 0) is 48.4 Å². The largest absolute Gasteiger partial charge is 0.322 e. The Morgan fingerprint density at radius 1 is 1.08 bits per heavy atom. The lowest BCUT2D eigenvalue weighted by Crippen LogP contribution is -2.11. The summed E-state index contributed by atoms with van der Waals surface area (Å²) in [6.07, 6.45) is 4.06. The molecule has 4 heteroatoms. The van der Waals surface area contributed by atoms with Crippen LogP contribution in [-0.4, -0.2) is 10.9 Å². The maximum absolute atomic E-state index is 12.3. The van der Waals surface area contributed by atoms with E-state index in [1.807, 2.05) is 24.4 Å². The summed E-state index contributed by atoms with van der Waals surface area (Å²) in [5, 5.41) is 3.43. The number of hydrogen-bond donors (Lipinski definition) is 1. The van der Waals surface area contributed by atoms with Crippen molar-refractivity contribution in [1.29, 1.82) is 0 Å². The third-order valence-corrected chi connectivity index (χ3v) is 4.12. The molecule has 2 aromatic carbocycles. The Morgan fingerprint density at radius 3 is 2.52 bits per heavy atom. The highest BCUT2D eigenvalue weighted by molar-refractivity contribution is 6.30. The second-order valence-corrected chi connectivity index (χ2v) is 6.28. The average molecular weight is 351 g/mol. The first kappa shape index (κ1) is 17.2. The number of anilines is 1. The van der Waals surface area contributed by atoms with Crippen LogP contribution in [0.15, 0.2) is 66.9 Å². The molecule has 0 aliphatic carbocycles. The predicted molar refractivity (Wildman–Crippen MR) is 103 cm³/mol. The molecule has 1 amide bonds. The van der Waals surface area contributed by atoms with Crippen LogP contribution in [0.2, 0.25) is 5.02 Å². The van der Waals surface area contributed by atoms with Crippen LogP contribution >= 0.6 is 11.6 Å². The number of aromatic nitrogens is 1. The van der Waals surface area contributed by atoms with Gasteiger partial charge in [0.2, 0.25) is 0 Å². The van der Waals surface area contributed by atoms with Crippen molar-refractivity contribution in [3.8, 4) is 11.3 Å². The summed E-state index contributed by atoms with van der Waals surface area (Å²) in [7, 11) is 0. The van der Waals surface area contributed by atoms with Crippen LogP contribution in [0.3, 0.4) is 0 Å². The Balaban J connectivity index is 1.72. The number of nitrogens with zero attached hydrogens (tertiary/aromatic N) is 1. The van der Waals surface area contributed by atoms with Gasteiger partial charge in [-0.2, -0.15) is 0 Å². The number of aryl methyl sites for hydroxylation is 1. The lowest BCUT2D eigenvalue weighted by Gasteiger charge is -2.07. The highest BCUT2D eigenvalue weighted by Gasteiger charge is 2.07. The molecule has 3 aromatic rings. The average Bonchev–Trinajstić information content (AvgIpc) is 2.63. The van der Waals surface area contributed by atoms with Crippen molar-refractivity contribution in [2.75, 3.05) is 5.32 Å². The SMILES string of the molecule is CCCc1ccc(-c2ccc(C(=O)Nc3cccc(Cl)c3)cc2)nc1. The summed E-state index contributed by atoms with van der Waals surface area (Å²) in [4.78, 5) is 16.8. The molecule has 25 heavy (non-hydrogen) atoms. The Kier molecular flexibility index (Phi) is 5.46. The van der Waals surface area contributed by atoms with E-state index < -0.39 is 0 Å². The fraction of sp³-hybridized carbons (Fsp3) is 0.143. The number of amides is 1. The van der Waals surface area contributed by atoms with Crippen molar-refractivity contribution < 1.29 is 4.79 Å². The highest BCUT2D eigenvalue weighted by Crippen LogP contribution is 2.20. The minimum absolute atomic E-state index is 0.167. The van der Waals surface area contributed by atoms with Crippen molar-refractivity contribution in [2.24, 2.45) is 0 Å². The van der Waals surface area contributed by atoms with Gasteiger partial charge in [0.25, 0.3) is 5.91 Å². The van der Waals surface area contributed by atoms with Gasteiger partial charge < -0.3 is 5.32 Å². The maximum atomic E-state index is 12.3. The third kappa shape index (κ3) is 4.46. The quantitative estimate of drug-likeness (QED) is 0.650. The first-order chi connectivity index (χ1) is 12.2. The molecule has 0 spiro atoms. The maximum Gasteiger partial charge on any atom is 0.255 e. The molecule has 0 bridgehead atoms. The monoisotopic (exact) mass is 350 g/mol. The number of carbonyl (C=O) groups excluding carboxylic acids is 1. The predicted octanol–water partition coefficient (Wildman–Crippen LogP) is 5.61. The molecule has 0 fully saturated rings. The van der Waals surface area contributed by atoms with Gasteiger partial charge in [0.05, 0.1) is 5.69 Å². The topological polar surface area (TPSA) is 42.0 Å². The molecule has 1 N–H and O–H groups in total. The summed E-state index contributed by atoms with van der Waals surface area (Å²) < 4.78 is 0. The zero-order valence-electron chi connectivity index (χ0n) is 14.0. The zero-order chi connectivity index (χ0) is 17.6. The molecule has 0 unspecified atom stereocenters. The van der Waals surface area contributed by atoms with E-state index in [1.54, 1.807) is 36.4 Å².